The predicted octanol–water partition coefficient (Wildman–Crippen LogP) is 4.80. The second kappa shape index (κ2) is 7.93. The maximum atomic E-state index is 12.8. The highest BCUT2D eigenvalue weighted by Gasteiger charge is 2.35. The van der Waals surface area contributed by atoms with Gasteiger partial charge < -0.3 is 5.11 Å². The first-order valence-corrected chi connectivity index (χ1v) is 10.4. The molecule has 3 heterocycles. The highest BCUT2D eigenvalue weighted by atomic mass is 35.5. The van der Waals surface area contributed by atoms with Crippen molar-refractivity contribution in [1.82, 2.24) is 9.99 Å². The van der Waals surface area contributed by atoms with Crippen LogP contribution in [0.1, 0.15) is 41.3 Å². The second-order valence-corrected chi connectivity index (χ2v) is 8.25. The largest absolute Gasteiger partial charge is 0.481 e. The molecular weight excluding hydrogens is 410 g/mol. The zero-order valence-electron chi connectivity index (χ0n) is 15.6. The van der Waals surface area contributed by atoms with E-state index in [4.69, 9.17) is 16.7 Å². The van der Waals surface area contributed by atoms with Crippen molar-refractivity contribution in [3.05, 3.63) is 62.9 Å². The van der Waals surface area contributed by atoms with Crippen molar-refractivity contribution in [2.75, 3.05) is 0 Å². The smallest absolute Gasteiger partial charge is 0.303 e. The molecule has 0 spiro atoms. The van der Waals surface area contributed by atoms with Gasteiger partial charge in [0.2, 0.25) is 5.91 Å². The SMILES string of the molecule is Cc1ccc2cc([C@@H]3CC(c4cccs4)=NN3C(=O)CCC(=O)O)c(Cl)nc2c1. The van der Waals surface area contributed by atoms with Gasteiger partial charge in [0.1, 0.15) is 5.15 Å². The predicted molar refractivity (Wildman–Crippen MR) is 113 cm³/mol. The molecule has 1 atom stereocenters. The van der Waals surface area contributed by atoms with Crippen LogP contribution < -0.4 is 0 Å². The molecule has 0 bridgehead atoms. The van der Waals surface area contributed by atoms with Gasteiger partial charge in [0, 0.05) is 23.8 Å². The Bertz CT molecular complexity index is 1130. The molecule has 1 amide bonds. The summed E-state index contributed by atoms with van der Waals surface area (Å²) in [7, 11) is 0. The number of rotatable bonds is 5. The quantitative estimate of drug-likeness (QED) is 0.593. The van der Waals surface area contributed by atoms with E-state index in [2.05, 4.69) is 10.1 Å². The zero-order valence-corrected chi connectivity index (χ0v) is 17.2. The number of hydrogen-bond acceptors (Lipinski definition) is 5. The van der Waals surface area contributed by atoms with Crippen LogP contribution in [0.3, 0.4) is 0 Å². The van der Waals surface area contributed by atoms with Gasteiger partial charge in [-0.2, -0.15) is 5.10 Å². The number of hydrazone groups is 1. The van der Waals surface area contributed by atoms with Gasteiger partial charge in [-0.1, -0.05) is 29.8 Å². The highest BCUT2D eigenvalue weighted by molar-refractivity contribution is 7.12. The Hall–Kier alpha value is -2.77. The molecule has 0 radical (unpaired) electrons. The Kier molecular flexibility index (Phi) is 5.34. The molecule has 1 aromatic carbocycles. The lowest BCUT2D eigenvalue weighted by atomic mass is 10.0. The Morgan fingerprint density at radius 2 is 2.10 bits per heavy atom. The average Bonchev–Trinajstić information content (AvgIpc) is 3.35. The van der Waals surface area contributed by atoms with Gasteiger partial charge in [0.15, 0.2) is 0 Å². The maximum Gasteiger partial charge on any atom is 0.303 e. The molecule has 2 aromatic heterocycles. The van der Waals surface area contributed by atoms with Gasteiger partial charge >= 0.3 is 5.97 Å². The van der Waals surface area contributed by atoms with Crippen molar-refractivity contribution >= 4 is 51.4 Å². The molecule has 1 N–H and O–H groups in total. The number of fused-ring (bicyclic) bond motifs is 1. The molecule has 0 fully saturated rings. The fraction of sp³-hybridized carbons (Fsp3) is 0.238. The van der Waals surface area contributed by atoms with E-state index < -0.39 is 12.0 Å². The average molecular weight is 428 g/mol. The molecule has 148 valence electrons. The number of benzene rings is 1. The van der Waals surface area contributed by atoms with Crippen LogP contribution in [0.2, 0.25) is 5.15 Å². The number of nitrogens with zero attached hydrogens (tertiary/aromatic N) is 3. The molecule has 0 saturated carbocycles. The van der Waals surface area contributed by atoms with Crippen molar-refractivity contribution in [2.45, 2.75) is 32.2 Å². The molecular formula is C21H18ClN3O3S. The molecule has 8 heteroatoms. The van der Waals surface area contributed by atoms with Gasteiger partial charge in [-0.15, -0.1) is 11.3 Å². The molecule has 6 nitrogen and oxygen atoms in total. The number of halogens is 1. The topological polar surface area (TPSA) is 82.9 Å². The lowest BCUT2D eigenvalue weighted by Crippen LogP contribution is -2.27. The first-order chi connectivity index (χ1) is 13.9. The Morgan fingerprint density at radius 3 is 2.83 bits per heavy atom. The summed E-state index contributed by atoms with van der Waals surface area (Å²) in [5, 5.41) is 18.1. The third-order valence-corrected chi connectivity index (χ3v) is 6.06. The van der Waals surface area contributed by atoms with Crippen LogP contribution in [0, 0.1) is 6.92 Å². The van der Waals surface area contributed by atoms with E-state index in [1.807, 2.05) is 48.7 Å². The number of carbonyl (C=O) groups excluding carboxylic acids is 1. The van der Waals surface area contributed by atoms with Crippen molar-refractivity contribution in [1.29, 1.82) is 0 Å². The van der Waals surface area contributed by atoms with Gasteiger partial charge in [-0.3, -0.25) is 9.59 Å². The van der Waals surface area contributed by atoms with E-state index in [1.54, 1.807) is 11.3 Å². The van der Waals surface area contributed by atoms with Gasteiger partial charge in [0.25, 0.3) is 0 Å². The van der Waals surface area contributed by atoms with Crippen LogP contribution in [0.4, 0.5) is 0 Å². The van der Waals surface area contributed by atoms with E-state index in [9.17, 15) is 9.59 Å². The normalized spacial score (nSPS) is 16.3. The summed E-state index contributed by atoms with van der Waals surface area (Å²) in [4.78, 5) is 29.2. The summed E-state index contributed by atoms with van der Waals surface area (Å²) in [6.45, 7) is 1.99. The number of pyridine rings is 1. The first kappa shape index (κ1) is 19.5. The molecule has 29 heavy (non-hydrogen) atoms. The highest BCUT2D eigenvalue weighted by Crippen LogP contribution is 2.38. The first-order valence-electron chi connectivity index (χ1n) is 9.14. The summed E-state index contributed by atoms with van der Waals surface area (Å²) in [6.07, 6.45) is 0.137. The monoisotopic (exact) mass is 427 g/mol. The molecule has 0 unspecified atom stereocenters. The Labute approximate surface area is 176 Å². The minimum absolute atomic E-state index is 0.120. The van der Waals surface area contributed by atoms with Crippen LogP contribution in [0.5, 0.6) is 0 Å². The number of aliphatic carboxylic acids is 1. The third kappa shape index (κ3) is 4.02. The van der Waals surface area contributed by atoms with E-state index >= 15 is 0 Å². The fourth-order valence-electron chi connectivity index (χ4n) is 3.41. The van der Waals surface area contributed by atoms with E-state index in [-0.39, 0.29) is 18.7 Å². The van der Waals surface area contributed by atoms with Gasteiger partial charge in [-0.05, 0) is 36.1 Å². The number of aryl methyl sites for hydroxylation is 1. The summed E-state index contributed by atoms with van der Waals surface area (Å²) >= 11 is 8.06. The maximum absolute atomic E-state index is 12.8. The number of hydrogen-bond donors (Lipinski definition) is 1. The molecule has 0 aliphatic carbocycles. The number of thiophene rings is 1. The Morgan fingerprint density at radius 1 is 1.28 bits per heavy atom. The van der Waals surface area contributed by atoms with E-state index in [0.29, 0.717) is 17.1 Å². The van der Waals surface area contributed by atoms with E-state index in [0.717, 1.165) is 27.1 Å². The number of aromatic nitrogens is 1. The zero-order chi connectivity index (χ0) is 20.5. The third-order valence-electron chi connectivity index (χ3n) is 4.84. The van der Waals surface area contributed by atoms with E-state index in [1.165, 1.54) is 5.01 Å². The van der Waals surface area contributed by atoms with Crippen LogP contribution >= 0.6 is 22.9 Å². The van der Waals surface area contributed by atoms with Crippen molar-refractivity contribution < 1.29 is 14.7 Å². The van der Waals surface area contributed by atoms with Gasteiger partial charge in [-0.25, -0.2) is 9.99 Å². The van der Waals surface area contributed by atoms with Crippen molar-refractivity contribution in [3.63, 3.8) is 0 Å². The summed E-state index contributed by atoms with van der Waals surface area (Å²) < 4.78 is 0. The lowest BCUT2D eigenvalue weighted by Gasteiger charge is -2.23. The fourth-order valence-corrected chi connectivity index (χ4v) is 4.40. The standard InChI is InChI=1S/C21H18ClN3O3S/c1-12-4-5-13-10-14(21(22)23-15(13)9-12)17-11-16(18-3-2-8-29-18)24-25(17)19(26)6-7-20(27)28/h2-5,8-10,17H,6-7,11H2,1H3,(H,27,28)/t17-/m0/s1. The Balaban J connectivity index is 1.73. The van der Waals surface area contributed by atoms with Crippen LogP contribution in [0.15, 0.2) is 46.9 Å². The molecule has 1 aliphatic rings. The second-order valence-electron chi connectivity index (χ2n) is 6.94. The van der Waals surface area contributed by atoms with Crippen molar-refractivity contribution in [3.8, 4) is 0 Å². The molecule has 1 aliphatic heterocycles. The molecule has 4 rings (SSSR count). The van der Waals surface area contributed by atoms with Crippen LogP contribution in [-0.2, 0) is 9.59 Å². The number of carboxylic acid groups (broad SMARTS) is 1. The summed E-state index contributed by atoms with van der Waals surface area (Å²) in [5.74, 6) is -1.36. The summed E-state index contributed by atoms with van der Waals surface area (Å²) in [6, 6.07) is 11.3. The minimum Gasteiger partial charge on any atom is -0.481 e. The lowest BCUT2D eigenvalue weighted by molar-refractivity contribution is -0.141. The number of carboxylic acids is 1. The number of carbonyl (C=O) groups is 2. The number of amides is 1. The van der Waals surface area contributed by atoms with Crippen LogP contribution in [0.25, 0.3) is 10.9 Å². The van der Waals surface area contributed by atoms with Crippen LogP contribution in [-0.4, -0.2) is 32.7 Å². The van der Waals surface area contributed by atoms with Gasteiger partial charge in [0.05, 0.1) is 28.6 Å². The molecule has 3 aromatic rings. The summed E-state index contributed by atoms with van der Waals surface area (Å²) in [5.41, 5.74) is 3.37. The minimum atomic E-state index is -1.02. The molecule has 0 saturated heterocycles. The van der Waals surface area contributed by atoms with Crippen molar-refractivity contribution in [2.24, 2.45) is 5.10 Å².